The van der Waals surface area contributed by atoms with Crippen molar-refractivity contribution in [2.24, 2.45) is 5.41 Å². The molecule has 0 unspecified atom stereocenters. The van der Waals surface area contributed by atoms with E-state index >= 15 is 0 Å². The summed E-state index contributed by atoms with van der Waals surface area (Å²) in [6.07, 6.45) is 1.97. The maximum atomic E-state index is 13.7. The van der Waals surface area contributed by atoms with Crippen molar-refractivity contribution < 1.29 is 18.7 Å². The van der Waals surface area contributed by atoms with E-state index in [-0.39, 0.29) is 23.1 Å². The smallest absolute Gasteiger partial charge is 0.327 e. The summed E-state index contributed by atoms with van der Waals surface area (Å²) in [5, 5.41) is 0. The van der Waals surface area contributed by atoms with Crippen LogP contribution in [0, 0.1) is 11.2 Å². The van der Waals surface area contributed by atoms with Crippen LogP contribution in [0.1, 0.15) is 28.8 Å². The van der Waals surface area contributed by atoms with Gasteiger partial charge in [0.25, 0.3) is 0 Å². The van der Waals surface area contributed by atoms with Crippen LogP contribution in [-0.4, -0.2) is 24.3 Å². The van der Waals surface area contributed by atoms with Gasteiger partial charge in [-0.2, -0.15) is 0 Å². The van der Waals surface area contributed by atoms with Crippen LogP contribution in [0.3, 0.4) is 0 Å². The van der Waals surface area contributed by atoms with Crippen LogP contribution < -0.4 is 9.64 Å². The Balaban J connectivity index is 1.73. The quantitative estimate of drug-likeness (QED) is 0.421. The van der Waals surface area contributed by atoms with E-state index in [2.05, 4.69) is 4.90 Å². The molecule has 0 N–H and O–H groups in total. The van der Waals surface area contributed by atoms with Gasteiger partial charge in [0.2, 0.25) is 0 Å². The minimum absolute atomic E-state index is 0.158. The molecule has 0 amide bonds. The zero-order valence-electron chi connectivity index (χ0n) is 13.5. The topological polar surface area (TPSA) is 46.6 Å². The van der Waals surface area contributed by atoms with E-state index in [0.717, 1.165) is 30.6 Å². The predicted molar refractivity (Wildman–Crippen MR) is 89.3 cm³/mol. The second-order valence-corrected chi connectivity index (χ2v) is 6.99. The van der Waals surface area contributed by atoms with Gasteiger partial charge in [-0.15, -0.1) is 0 Å². The lowest BCUT2D eigenvalue weighted by Crippen LogP contribution is -2.61. The average Bonchev–Trinajstić information content (AvgIpc) is 3.11. The Hall–Kier alpha value is -2.69. The predicted octanol–water partition coefficient (Wildman–Crippen LogP) is 3.14. The van der Waals surface area contributed by atoms with Crippen LogP contribution in [0.25, 0.3) is 0 Å². The van der Waals surface area contributed by atoms with Gasteiger partial charge in [-0.25, -0.2) is 4.39 Å². The number of fused-ring (bicyclic) bond motifs is 5. The Labute approximate surface area is 144 Å². The van der Waals surface area contributed by atoms with Gasteiger partial charge in [0, 0.05) is 12.2 Å². The Morgan fingerprint density at radius 3 is 2.88 bits per heavy atom. The molecule has 0 radical (unpaired) electrons. The molecule has 0 aliphatic carbocycles. The van der Waals surface area contributed by atoms with E-state index in [4.69, 9.17) is 4.74 Å². The molecule has 3 heterocycles. The van der Waals surface area contributed by atoms with E-state index < -0.39 is 17.2 Å². The molecule has 126 valence electrons. The molecule has 3 aliphatic rings. The largest absolute Gasteiger partial charge is 0.425 e. The number of rotatable bonds is 0. The van der Waals surface area contributed by atoms with Crippen LogP contribution in [0.2, 0.25) is 0 Å². The van der Waals surface area contributed by atoms with Crippen LogP contribution >= 0.6 is 0 Å². The van der Waals surface area contributed by atoms with Gasteiger partial charge in [0.05, 0.1) is 11.6 Å². The van der Waals surface area contributed by atoms with Crippen molar-refractivity contribution in [1.29, 1.82) is 0 Å². The fraction of sp³-hybridized carbons (Fsp3) is 0.300. The summed E-state index contributed by atoms with van der Waals surface area (Å²) in [6, 6.07) is 11.4. The van der Waals surface area contributed by atoms with Crippen molar-refractivity contribution in [3.05, 3.63) is 59.4 Å². The summed E-state index contributed by atoms with van der Waals surface area (Å²) < 4.78 is 19.2. The third-order valence-corrected chi connectivity index (χ3v) is 5.75. The maximum absolute atomic E-state index is 13.7. The third kappa shape index (κ3) is 1.81. The summed E-state index contributed by atoms with van der Waals surface area (Å²) in [4.78, 5) is 28.6. The first-order valence-electron chi connectivity index (χ1n) is 8.52. The molecule has 5 heteroatoms. The van der Waals surface area contributed by atoms with Crippen LogP contribution in [-0.2, 0) is 11.2 Å². The van der Waals surface area contributed by atoms with Gasteiger partial charge in [0.1, 0.15) is 11.6 Å². The second kappa shape index (κ2) is 4.91. The number of hydrogen-bond donors (Lipinski definition) is 0. The molecule has 5 rings (SSSR count). The zero-order valence-corrected chi connectivity index (χ0v) is 13.5. The number of halogens is 1. The highest BCUT2D eigenvalue weighted by molar-refractivity contribution is 6.18. The summed E-state index contributed by atoms with van der Waals surface area (Å²) in [6.45, 7) is 0.806. The average molecular weight is 337 g/mol. The van der Waals surface area contributed by atoms with Crippen molar-refractivity contribution in [2.75, 3.05) is 11.4 Å². The molecule has 0 saturated carbocycles. The lowest BCUT2D eigenvalue weighted by Gasteiger charge is -2.47. The number of carbonyl (C=O) groups excluding carboxylic acids is 2. The van der Waals surface area contributed by atoms with Gasteiger partial charge in [-0.1, -0.05) is 18.2 Å². The van der Waals surface area contributed by atoms with Gasteiger partial charge in [0.15, 0.2) is 11.2 Å². The Morgan fingerprint density at radius 2 is 2.00 bits per heavy atom. The van der Waals surface area contributed by atoms with Crippen molar-refractivity contribution in [2.45, 2.75) is 25.3 Å². The molecule has 1 fully saturated rings. The van der Waals surface area contributed by atoms with Crippen molar-refractivity contribution >= 4 is 17.4 Å². The van der Waals surface area contributed by atoms with E-state index in [1.807, 2.05) is 24.3 Å². The normalized spacial score (nSPS) is 26.9. The summed E-state index contributed by atoms with van der Waals surface area (Å²) >= 11 is 0. The number of ketones is 1. The molecule has 1 saturated heterocycles. The Kier molecular flexibility index (Phi) is 2.87. The monoisotopic (exact) mass is 337 g/mol. The van der Waals surface area contributed by atoms with Gasteiger partial charge in [-0.05, 0) is 49.1 Å². The fourth-order valence-corrected chi connectivity index (χ4v) is 4.66. The molecule has 0 aromatic heterocycles. The number of anilines is 1. The molecule has 4 nitrogen and oxygen atoms in total. The maximum Gasteiger partial charge on any atom is 0.327 e. The number of Topliss-reactive ketones (excluding diaryl/α,β-unsaturated/α-hetero) is 1. The number of benzene rings is 2. The van der Waals surface area contributed by atoms with E-state index in [1.165, 1.54) is 18.2 Å². The first kappa shape index (κ1) is 14.6. The van der Waals surface area contributed by atoms with Crippen LogP contribution in [0.4, 0.5) is 10.1 Å². The number of ether oxygens (including phenoxy) is 1. The van der Waals surface area contributed by atoms with Crippen LogP contribution in [0.15, 0.2) is 42.5 Å². The SMILES string of the molecule is O=C1Oc2ccc(F)cc2C(=O)[C@]12Cc1ccccc1N1CCC[C@@H]12. The van der Waals surface area contributed by atoms with Crippen molar-refractivity contribution in [1.82, 2.24) is 0 Å². The van der Waals surface area contributed by atoms with E-state index in [0.29, 0.717) is 6.42 Å². The van der Waals surface area contributed by atoms with Gasteiger partial charge >= 0.3 is 5.97 Å². The first-order chi connectivity index (χ1) is 12.1. The van der Waals surface area contributed by atoms with E-state index in [1.54, 1.807) is 0 Å². The number of para-hydroxylation sites is 1. The lowest BCUT2D eigenvalue weighted by molar-refractivity contribution is -0.145. The third-order valence-electron chi connectivity index (χ3n) is 5.75. The standard InChI is InChI=1S/C20H16FNO3/c21-13-7-8-16-14(10-13)18(23)20(19(24)25-16)11-12-4-1-2-5-15(12)22-9-3-6-17(20)22/h1-2,4-5,7-8,10,17H,3,6,9,11H2/t17-,20-/m1/s1. The molecule has 2 aromatic carbocycles. The summed E-state index contributed by atoms with van der Waals surface area (Å²) in [5.41, 5.74) is 0.934. The number of esters is 1. The molecule has 2 atom stereocenters. The number of nitrogens with zero attached hydrogens (tertiary/aromatic N) is 1. The van der Waals surface area contributed by atoms with E-state index in [9.17, 15) is 14.0 Å². The molecule has 0 bridgehead atoms. The minimum Gasteiger partial charge on any atom is -0.425 e. The van der Waals surface area contributed by atoms with Crippen LogP contribution in [0.5, 0.6) is 5.75 Å². The van der Waals surface area contributed by atoms with Crippen molar-refractivity contribution in [3.8, 4) is 5.75 Å². The molecule has 25 heavy (non-hydrogen) atoms. The lowest BCUT2D eigenvalue weighted by atomic mass is 9.66. The second-order valence-electron chi connectivity index (χ2n) is 6.99. The first-order valence-corrected chi connectivity index (χ1v) is 8.52. The Bertz CT molecular complexity index is 925. The van der Waals surface area contributed by atoms with Crippen molar-refractivity contribution in [3.63, 3.8) is 0 Å². The number of carbonyl (C=O) groups is 2. The summed E-state index contributed by atoms with van der Waals surface area (Å²) in [7, 11) is 0. The fourth-order valence-electron chi connectivity index (χ4n) is 4.66. The Morgan fingerprint density at radius 1 is 1.16 bits per heavy atom. The highest BCUT2D eigenvalue weighted by Gasteiger charge is 2.61. The summed E-state index contributed by atoms with van der Waals surface area (Å²) in [5.74, 6) is -1.17. The van der Waals surface area contributed by atoms with Gasteiger partial charge < -0.3 is 9.64 Å². The molecule has 1 spiro atoms. The minimum atomic E-state index is -1.29. The number of hydrogen-bond acceptors (Lipinski definition) is 4. The highest BCUT2D eigenvalue weighted by atomic mass is 19.1. The zero-order chi connectivity index (χ0) is 17.2. The van der Waals surface area contributed by atoms with Gasteiger partial charge in [-0.3, -0.25) is 9.59 Å². The molecular formula is C20H16FNO3. The molecule has 3 aliphatic heterocycles. The molecule has 2 aromatic rings. The highest BCUT2D eigenvalue weighted by Crippen LogP contribution is 2.50. The molecular weight excluding hydrogens is 321 g/mol.